The zero-order chi connectivity index (χ0) is 15.3. The first-order chi connectivity index (χ1) is 10.7. The number of aliphatic hydroxyl groups excluding tert-OH is 1. The molecule has 1 aromatic carbocycles. The van der Waals surface area contributed by atoms with E-state index < -0.39 is 5.92 Å². The monoisotopic (exact) mass is 382 g/mol. The van der Waals surface area contributed by atoms with Gasteiger partial charge in [-0.2, -0.15) is 0 Å². The van der Waals surface area contributed by atoms with Crippen molar-refractivity contribution in [1.82, 2.24) is 4.90 Å². The quantitative estimate of drug-likeness (QED) is 0.478. The number of ether oxygens (including phenoxy) is 2. The number of carbonyl (C=O) groups excluding carboxylic acids is 1. The lowest BCUT2D eigenvalue weighted by Crippen LogP contribution is -3.00. The van der Waals surface area contributed by atoms with E-state index in [1.165, 1.54) is 0 Å². The van der Waals surface area contributed by atoms with Crippen LogP contribution in [-0.2, 0) is 14.3 Å². The van der Waals surface area contributed by atoms with Crippen LogP contribution in [0.2, 0.25) is 0 Å². The molecule has 0 aliphatic carbocycles. The molecule has 1 aromatic rings. The van der Waals surface area contributed by atoms with Crippen molar-refractivity contribution in [3.8, 4) is 0 Å². The zero-order valence-electron chi connectivity index (χ0n) is 13.0. The summed E-state index contributed by atoms with van der Waals surface area (Å²) in [6, 6.07) is 10.1. The minimum atomic E-state index is -0.593. The highest BCUT2D eigenvalue weighted by Crippen LogP contribution is 2.48. The van der Waals surface area contributed by atoms with Gasteiger partial charge in [-0.25, -0.2) is 0 Å². The molecule has 0 radical (unpaired) electrons. The molecule has 0 amide bonds. The molecular formula is C17H21BrNO4-. The number of likely N-dealkylation sites (N-methyl/N-ethyl adjacent to an activating group) is 1. The molecule has 3 saturated heterocycles. The lowest BCUT2D eigenvalue weighted by Gasteiger charge is -2.38. The number of piperidine rings is 1. The zero-order valence-corrected chi connectivity index (χ0v) is 14.6. The van der Waals surface area contributed by atoms with Crippen LogP contribution < -0.4 is 17.0 Å². The SMILES string of the molecule is CN1C2CC(OC(=O)[C@H](CO)c3ccccc3)C[C@H]1[C@H]1OC21.[Br-]. The molecule has 3 fully saturated rings. The highest BCUT2D eigenvalue weighted by Gasteiger charge is 2.62. The van der Waals surface area contributed by atoms with Crippen molar-refractivity contribution in [3.63, 3.8) is 0 Å². The summed E-state index contributed by atoms with van der Waals surface area (Å²) >= 11 is 0. The summed E-state index contributed by atoms with van der Waals surface area (Å²) in [7, 11) is 2.13. The predicted octanol–water partition coefficient (Wildman–Crippen LogP) is -2.08. The lowest BCUT2D eigenvalue weighted by atomic mass is 9.97. The first kappa shape index (κ1) is 16.9. The van der Waals surface area contributed by atoms with E-state index in [-0.39, 0.29) is 35.7 Å². The van der Waals surface area contributed by atoms with E-state index in [2.05, 4.69) is 11.9 Å². The van der Waals surface area contributed by atoms with Crippen LogP contribution in [0.1, 0.15) is 24.3 Å². The fourth-order valence-electron chi connectivity index (χ4n) is 4.04. The Morgan fingerprint density at radius 1 is 1.30 bits per heavy atom. The number of aliphatic hydroxyl groups is 1. The molecule has 3 aliphatic rings. The maximum Gasteiger partial charge on any atom is 0.316 e. The van der Waals surface area contributed by atoms with Gasteiger partial charge < -0.3 is 31.6 Å². The number of esters is 1. The Labute approximate surface area is 146 Å². The number of nitrogens with zero attached hydrogens (tertiary/aromatic N) is 1. The summed E-state index contributed by atoms with van der Waals surface area (Å²) in [5.41, 5.74) is 0.803. The van der Waals surface area contributed by atoms with Crippen molar-refractivity contribution in [2.75, 3.05) is 13.7 Å². The van der Waals surface area contributed by atoms with E-state index in [0.717, 1.165) is 18.4 Å². The van der Waals surface area contributed by atoms with Gasteiger partial charge in [0.15, 0.2) is 0 Å². The summed E-state index contributed by atoms with van der Waals surface area (Å²) in [4.78, 5) is 14.8. The van der Waals surface area contributed by atoms with Gasteiger partial charge >= 0.3 is 5.97 Å². The Balaban J connectivity index is 0.00000156. The largest absolute Gasteiger partial charge is 1.00 e. The maximum atomic E-state index is 12.4. The number of halogens is 1. The van der Waals surface area contributed by atoms with E-state index in [4.69, 9.17) is 9.47 Å². The van der Waals surface area contributed by atoms with Crippen molar-refractivity contribution in [3.05, 3.63) is 35.9 Å². The molecule has 3 aliphatic heterocycles. The third-order valence-corrected chi connectivity index (χ3v) is 5.33. The molecule has 4 rings (SSSR count). The number of epoxide rings is 1. The highest BCUT2D eigenvalue weighted by atomic mass is 79.9. The van der Waals surface area contributed by atoms with E-state index in [0.29, 0.717) is 24.3 Å². The summed E-state index contributed by atoms with van der Waals surface area (Å²) in [5.74, 6) is -0.915. The highest BCUT2D eigenvalue weighted by molar-refractivity contribution is 5.78. The minimum absolute atomic E-state index is 0. The average molecular weight is 383 g/mol. The topological polar surface area (TPSA) is 62.3 Å². The number of rotatable bonds is 4. The number of hydrogen-bond donors (Lipinski definition) is 1. The third kappa shape index (κ3) is 2.93. The average Bonchev–Trinajstić information content (AvgIpc) is 3.27. The Morgan fingerprint density at radius 3 is 2.48 bits per heavy atom. The second-order valence-electron chi connectivity index (χ2n) is 6.54. The van der Waals surface area contributed by atoms with Crippen LogP contribution in [0.3, 0.4) is 0 Å². The molecule has 3 heterocycles. The number of fused-ring (bicyclic) bond motifs is 5. The van der Waals surface area contributed by atoms with Crippen molar-refractivity contribution in [2.24, 2.45) is 0 Å². The Kier molecular flexibility index (Phi) is 4.78. The molecule has 2 bridgehead atoms. The second kappa shape index (κ2) is 6.51. The van der Waals surface area contributed by atoms with Crippen LogP contribution in [-0.4, -0.2) is 60.0 Å². The predicted molar refractivity (Wildman–Crippen MR) is 79.4 cm³/mol. The smallest absolute Gasteiger partial charge is 0.316 e. The standard InChI is InChI=1S/C17H21NO4.BrH/c1-18-13-7-11(8-14(18)16-15(13)22-16)21-17(20)12(9-19)10-5-3-2-4-6-10;/h2-6,11-16,19H,7-9H2,1H3;1H/p-1/t11?,12-,13+,14?,15-,16?;/m1./s1. The van der Waals surface area contributed by atoms with E-state index in [1.807, 2.05) is 30.3 Å². The normalized spacial score (nSPS) is 35.8. The van der Waals surface area contributed by atoms with Crippen molar-refractivity contribution < 1.29 is 36.4 Å². The fraction of sp³-hybridized carbons (Fsp3) is 0.588. The van der Waals surface area contributed by atoms with Gasteiger partial charge in [0.1, 0.15) is 24.2 Å². The first-order valence-electron chi connectivity index (χ1n) is 7.92. The van der Waals surface area contributed by atoms with Crippen LogP contribution >= 0.6 is 0 Å². The Bertz CT molecular complexity index is 551. The minimum Gasteiger partial charge on any atom is -1.00 e. The molecule has 6 heteroatoms. The molecular weight excluding hydrogens is 362 g/mol. The number of morpholine rings is 1. The molecule has 0 spiro atoms. The fourth-order valence-corrected chi connectivity index (χ4v) is 4.04. The van der Waals surface area contributed by atoms with E-state index in [9.17, 15) is 9.90 Å². The Hall–Kier alpha value is -0.950. The van der Waals surface area contributed by atoms with Crippen molar-refractivity contribution in [2.45, 2.75) is 49.2 Å². The van der Waals surface area contributed by atoms with Crippen LogP contribution in [0.5, 0.6) is 0 Å². The summed E-state index contributed by atoms with van der Waals surface area (Å²) in [6.07, 6.45) is 2.26. The molecule has 23 heavy (non-hydrogen) atoms. The van der Waals surface area contributed by atoms with Crippen molar-refractivity contribution >= 4 is 5.97 Å². The van der Waals surface area contributed by atoms with Gasteiger partial charge in [0, 0.05) is 24.9 Å². The van der Waals surface area contributed by atoms with Gasteiger partial charge in [-0.1, -0.05) is 30.3 Å². The van der Waals surface area contributed by atoms with Gasteiger partial charge in [0.05, 0.1) is 6.61 Å². The summed E-state index contributed by atoms with van der Waals surface area (Å²) in [5, 5.41) is 9.56. The first-order valence-corrected chi connectivity index (χ1v) is 7.92. The van der Waals surface area contributed by atoms with E-state index >= 15 is 0 Å². The molecule has 1 N–H and O–H groups in total. The van der Waals surface area contributed by atoms with Gasteiger partial charge in [0.2, 0.25) is 0 Å². The number of carbonyl (C=O) groups is 1. The molecule has 3 unspecified atom stereocenters. The Morgan fingerprint density at radius 2 is 1.91 bits per heavy atom. The van der Waals surface area contributed by atoms with Crippen LogP contribution in [0.15, 0.2) is 30.3 Å². The van der Waals surface area contributed by atoms with Gasteiger partial charge in [-0.3, -0.25) is 9.69 Å². The van der Waals surface area contributed by atoms with Crippen LogP contribution in [0.4, 0.5) is 0 Å². The van der Waals surface area contributed by atoms with Gasteiger partial charge in [-0.15, -0.1) is 0 Å². The summed E-state index contributed by atoms with van der Waals surface area (Å²) < 4.78 is 11.4. The third-order valence-electron chi connectivity index (χ3n) is 5.33. The van der Waals surface area contributed by atoms with Gasteiger partial charge in [-0.05, 0) is 12.6 Å². The van der Waals surface area contributed by atoms with Crippen LogP contribution in [0, 0.1) is 0 Å². The maximum absolute atomic E-state index is 12.4. The molecule has 6 atom stereocenters. The molecule has 126 valence electrons. The molecule has 0 aromatic heterocycles. The lowest BCUT2D eigenvalue weighted by molar-refractivity contribution is -0.156. The van der Waals surface area contributed by atoms with Gasteiger partial charge in [0.25, 0.3) is 0 Å². The van der Waals surface area contributed by atoms with E-state index in [1.54, 1.807) is 0 Å². The second-order valence-corrected chi connectivity index (χ2v) is 6.54. The number of benzene rings is 1. The number of hydrogen-bond acceptors (Lipinski definition) is 5. The molecule has 5 nitrogen and oxygen atoms in total. The van der Waals surface area contributed by atoms with Crippen molar-refractivity contribution in [1.29, 1.82) is 0 Å². The van der Waals surface area contributed by atoms with Crippen LogP contribution in [0.25, 0.3) is 0 Å². The summed E-state index contributed by atoms with van der Waals surface area (Å²) in [6.45, 7) is -0.226. The molecule has 0 saturated carbocycles.